The third-order valence-electron chi connectivity index (χ3n) is 4.17. The first-order valence-corrected chi connectivity index (χ1v) is 8.87. The Hall–Kier alpha value is -2.04. The summed E-state index contributed by atoms with van der Waals surface area (Å²) in [5, 5.41) is 3.67. The van der Waals surface area contributed by atoms with Gasteiger partial charge in [0.25, 0.3) is 5.91 Å². The van der Waals surface area contributed by atoms with Gasteiger partial charge in [0.1, 0.15) is 0 Å². The standard InChI is InChI=1S/C19H18Cl2N2O2/c20-15-6-7-16(17(21)10-15)19(25)22-11-13-3-1-4-14(9-13)12-23-8-2-5-18(23)24/h1,3-4,6-7,9-10H,2,5,8,11-12H2,(H,22,25). The smallest absolute Gasteiger partial charge is 0.253 e. The quantitative estimate of drug-likeness (QED) is 0.855. The van der Waals surface area contributed by atoms with Gasteiger partial charge in [-0.15, -0.1) is 0 Å². The molecular formula is C19H18Cl2N2O2. The maximum atomic E-state index is 12.3. The summed E-state index contributed by atoms with van der Waals surface area (Å²) in [7, 11) is 0. The highest BCUT2D eigenvalue weighted by Crippen LogP contribution is 2.21. The average molecular weight is 377 g/mol. The Morgan fingerprint density at radius 1 is 1.12 bits per heavy atom. The van der Waals surface area contributed by atoms with Gasteiger partial charge >= 0.3 is 0 Å². The molecule has 0 spiro atoms. The van der Waals surface area contributed by atoms with Crippen LogP contribution in [-0.2, 0) is 17.9 Å². The van der Waals surface area contributed by atoms with E-state index in [1.54, 1.807) is 18.2 Å². The van der Waals surface area contributed by atoms with Crippen LogP contribution >= 0.6 is 23.2 Å². The topological polar surface area (TPSA) is 49.4 Å². The molecule has 0 bridgehead atoms. The van der Waals surface area contributed by atoms with Crippen LogP contribution in [0.3, 0.4) is 0 Å². The summed E-state index contributed by atoms with van der Waals surface area (Å²) in [6.07, 6.45) is 1.56. The van der Waals surface area contributed by atoms with Gasteiger partial charge in [-0.05, 0) is 35.7 Å². The second-order valence-electron chi connectivity index (χ2n) is 6.05. The highest BCUT2D eigenvalue weighted by Gasteiger charge is 2.20. The van der Waals surface area contributed by atoms with Crippen molar-refractivity contribution in [1.29, 1.82) is 0 Å². The number of carbonyl (C=O) groups is 2. The van der Waals surface area contributed by atoms with Gasteiger partial charge in [-0.1, -0.05) is 47.5 Å². The SMILES string of the molecule is O=C(NCc1cccc(CN2CCCC2=O)c1)c1ccc(Cl)cc1Cl. The lowest BCUT2D eigenvalue weighted by molar-refractivity contribution is -0.128. The van der Waals surface area contributed by atoms with E-state index in [4.69, 9.17) is 23.2 Å². The summed E-state index contributed by atoms with van der Waals surface area (Å²) < 4.78 is 0. The van der Waals surface area contributed by atoms with E-state index in [2.05, 4.69) is 5.32 Å². The molecule has 0 unspecified atom stereocenters. The summed E-state index contributed by atoms with van der Waals surface area (Å²) in [5.41, 5.74) is 2.43. The van der Waals surface area contributed by atoms with Gasteiger partial charge in [-0.2, -0.15) is 0 Å². The molecule has 1 heterocycles. The van der Waals surface area contributed by atoms with Gasteiger partial charge in [0.15, 0.2) is 0 Å². The van der Waals surface area contributed by atoms with Crippen molar-refractivity contribution in [3.05, 3.63) is 69.2 Å². The van der Waals surface area contributed by atoms with Crippen LogP contribution in [0.4, 0.5) is 0 Å². The van der Waals surface area contributed by atoms with Crippen LogP contribution in [0.1, 0.15) is 34.3 Å². The lowest BCUT2D eigenvalue weighted by Crippen LogP contribution is -2.24. The van der Waals surface area contributed by atoms with Crippen LogP contribution in [0.15, 0.2) is 42.5 Å². The fourth-order valence-electron chi connectivity index (χ4n) is 2.88. The van der Waals surface area contributed by atoms with Crippen LogP contribution < -0.4 is 5.32 Å². The lowest BCUT2D eigenvalue weighted by Gasteiger charge is -2.16. The Labute approximate surface area is 156 Å². The number of benzene rings is 2. The molecule has 2 aromatic rings. The van der Waals surface area contributed by atoms with Crippen molar-refractivity contribution in [2.75, 3.05) is 6.54 Å². The van der Waals surface area contributed by atoms with Gasteiger partial charge in [0, 0.05) is 31.1 Å². The van der Waals surface area contributed by atoms with Crippen molar-refractivity contribution in [1.82, 2.24) is 10.2 Å². The molecule has 1 aliphatic heterocycles. The molecule has 1 saturated heterocycles. The minimum absolute atomic E-state index is 0.205. The predicted molar refractivity (Wildman–Crippen MR) is 98.7 cm³/mol. The third-order valence-corrected chi connectivity index (χ3v) is 4.71. The van der Waals surface area contributed by atoms with Gasteiger partial charge in [0.05, 0.1) is 10.6 Å². The normalized spacial score (nSPS) is 14.0. The molecule has 4 nitrogen and oxygen atoms in total. The Morgan fingerprint density at radius 3 is 2.64 bits per heavy atom. The zero-order valence-electron chi connectivity index (χ0n) is 13.6. The van der Waals surface area contributed by atoms with E-state index in [0.29, 0.717) is 35.1 Å². The molecule has 0 atom stereocenters. The highest BCUT2D eigenvalue weighted by molar-refractivity contribution is 6.36. The highest BCUT2D eigenvalue weighted by atomic mass is 35.5. The molecule has 0 saturated carbocycles. The number of carbonyl (C=O) groups excluding carboxylic acids is 2. The van der Waals surface area contributed by atoms with Gasteiger partial charge in [-0.3, -0.25) is 9.59 Å². The van der Waals surface area contributed by atoms with Crippen molar-refractivity contribution < 1.29 is 9.59 Å². The van der Waals surface area contributed by atoms with E-state index in [-0.39, 0.29) is 11.8 Å². The van der Waals surface area contributed by atoms with Crippen LogP contribution in [0.25, 0.3) is 0 Å². The van der Waals surface area contributed by atoms with Gasteiger partial charge in [0.2, 0.25) is 5.91 Å². The molecular weight excluding hydrogens is 359 g/mol. The average Bonchev–Trinajstić information content (AvgIpc) is 2.98. The maximum absolute atomic E-state index is 12.3. The number of likely N-dealkylation sites (tertiary alicyclic amines) is 1. The first kappa shape index (κ1) is 17.8. The minimum Gasteiger partial charge on any atom is -0.348 e. The lowest BCUT2D eigenvalue weighted by atomic mass is 10.1. The molecule has 1 aliphatic rings. The minimum atomic E-state index is -0.248. The molecule has 6 heteroatoms. The zero-order valence-corrected chi connectivity index (χ0v) is 15.1. The number of amides is 2. The molecule has 130 valence electrons. The molecule has 0 aromatic heterocycles. The van der Waals surface area contributed by atoms with Crippen molar-refractivity contribution in [2.24, 2.45) is 0 Å². The zero-order chi connectivity index (χ0) is 17.8. The molecule has 3 rings (SSSR count). The molecule has 0 radical (unpaired) electrons. The third kappa shape index (κ3) is 4.53. The summed E-state index contributed by atoms with van der Waals surface area (Å²) in [4.78, 5) is 25.9. The summed E-state index contributed by atoms with van der Waals surface area (Å²) in [5.74, 6) is -0.0436. The monoisotopic (exact) mass is 376 g/mol. The number of rotatable bonds is 5. The number of hydrogen-bond donors (Lipinski definition) is 1. The molecule has 1 N–H and O–H groups in total. The molecule has 2 amide bonds. The van der Waals surface area contributed by atoms with E-state index < -0.39 is 0 Å². The van der Waals surface area contributed by atoms with E-state index >= 15 is 0 Å². The summed E-state index contributed by atoms with van der Waals surface area (Å²) >= 11 is 11.9. The second kappa shape index (κ2) is 7.89. The fourth-order valence-corrected chi connectivity index (χ4v) is 3.38. The van der Waals surface area contributed by atoms with E-state index in [0.717, 1.165) is 24.1 Å². The van der Waals surface area contributed by atoms with Gasteiger partial charge in [-0.25, -0.2) is 0 Å². The number of halogens is 2. The van der Waals surface area contributed by atoms with Crippen LogP contribution in [0, 0.1) is 0 Å². The molecule has 1 fully saturated rings. The van der Waals surface area contributed by atoms with Crippen molar-refractivity contribution in [3.63, 3.8) is 0 Å². The number of nitrogens with one attached hydrogen (secondary N) is 1. The van der Waals surface area contributed by atoms with Gasteiger partial charge < -0.3 is 10.2 Å². The second-order valence-corrected chi connectivity index (χ2v) is 6.89. The summed E-state index contributed by atoms with van der Waals surface area (Å²) in [6, 6.07) is 12.7. The number of nitrogens with zero attached hydrogens (tertiary/aromatic N) is 1. The Balaban J connectivity index is 1.62. The van der Waals surface area contributed by atoms with Crippen molar-refractivity contribution in [2.45, 2.75) is 25.9 Å². The van der Waals surface area contributed by atoms with Crippen molar-refractivity contribution in [3.8, 4) is 0 Å². The fraction of sp³-hybridized carbons (Fsp3) is 0.263. The Kier molecular flexibility index (Phi) is 5.61. The molecule has 25 heavy (non-hydrogen) atoms. The number of hydrogen-bond acceptors (Lipinski definition) is 2. The van der Waals surface area contributed by atoms with E-state index in [1.807, 2.05) is 29.2 Å². The Bertz CT molecular complexity index is 808. The van der Waals surface area contributed by atoms with Crippen LogP contribution in [-0.4, -0.2) is 23.3 Å². The largest absolute Gasteiger partial charge is 0.348 e. The summed E-state index contributed by atoms with van der Waals surface area (Å²) in [6.45, 7) is 1.82. The molecule has 2 aromatic carbocycles. The van der Waals surface area contributed by atoms with Crippen LogP contribution in [0.5, 0.6) is 0 Å². The first-order chi connectivity index (χ1) is 12.0. The van der Waals surface area contributed by atoms with Crippen LogP contribution in [0.2, 0.25) is 10.0 Å². The van der Waals surface area contributed by atoms with E-state index in [9.17, 15) is 9.59 Å². The maximum Gasteiger partial charge on any atom is 0.253 e. The van der Waals surface area contributed by atoms with Crippen molar-refractivity contribution >= 4 is 35.0 Å². The predicted octanol–water partition coefficient (Wildman–Crippen LogP) is 4.05. The van der Waals surface area contributed by atoms with E-state index in [1.165, 1.54) is 0 Å². The Morgan fingerprint density at radius 2 is 1.92 bits per heavy atom. The first-order valence-electron chi connectivity index (χ1n) is 8.12. The molecule has 0 aliphatic carbocycles.